The Labute approximate surface area is 192 Å². The largest absolute Gasteiger partial charge is 0.492 e. The van der Waals surface area contributed by atoms with E-state index >= 15 is 0 Å². The molecule has 1 atom stereocenters. The fourth-order valence-electron chi connectivity index (χ4n) is 4.21. The zero-order valence-corrected chi connectivity index (χ0v) is 20.1. The number of rotatable bonds is 10. The van der Waals surface area contributed by atoms with Gasteiger partial charge in [0, 0.05) is 13.0 Å². The maximum atomic E-state index is 12.5. The number of aryl methyl sites for hydroxylation is 2. The van der Waals surface area contributed by atoms with Crippen LogP contribution in [-0.2, 0) is 27.7 Å². The molecule has 0 aliphatic heterocycles. The van der Waals surface area contributed by atoms with Crippen LogP contribution in [0.4, 0.5) is 5.69 Å². The highest BCUT2D eigenvalue weighted by atomic mass is 32.2. The van der Waals surface area contributed by atoms with Crippen molar-refractivity contribution >= 4 is 21.6 Å². The van der Waals surface area contributed by atoms with Crippen molar-refractivity contribution in [1.82, 2.24) is 5.32 Å². The number of ether oxygens (including phenoxy) is 1. The van der Waals surface area contributed by atoms with E-state index in [1.165, 1.54) is 34.5 Å². The minimum Gasteiger partial charge on any atom is -0.492 e. The second-order valence-electron chi connectivity index (χ2n) is 8.36. The van der Waals surface area contributed by atoms with Crippen LogP contribution in [0.1, 0.15) is 62.3 Å². The molecule has 0 saturated heterocycles. The van der Waals surface area contributed by atoms with Crippen molar-refractivity contribution in [2.24, 2.45) is 0 Å². The summed E-state index contributed by atoms with van der Waals surface area (Å²) in [4.78, 5) is 12.5. The Balaban J connectivity index is 1.59. The predicted octanol–water partition coefficient (Wildman–Crippen LogP) is 4.39. The van der Waals surface area contributed by atoms with E-state index in [1.54, 1.807) is 18.2 Å². The molecule has 174 valence electrons. The number of para-hydroxylation sites is 2. The Bertz CT molecular complexity index is 1040. The fourth-order valence-corrected chi connectivity index (χ4v) is 5.18. The van der Waals surface area contributed by atoms with Crippen molar-refractivity contribution in [2.75, 3.05) is 23.7 Å². The van der Waals surface area contributed by atoms with Crippen LogP contribution in [0.2, 0.25) is 0 Å². The van der Waals surface area contributed by atoms with Crippen molar-refractivity contribution in [3.63, 3.8) is 0 Å². The fraction of sp³-hybridized carbons (Fsp3) is 0.480. The molecule has 1 aliphatic rings. The molecule has 2 aromatic rings. The number of carbonyl (C=O) groups excluding carboxylic acids is 1. The molecule has 1 N–H and O–H groups in total. The Hall–Kier alpha value is -2.54. The van der Waals surface area contributed by atoms with Gasteiger partial charge in [0.15, 0.2) is 0 Å². The third kappa shape index (κ3) is 6.25. The van der Waals surface area contributed by atoms with Crippen molar-refractivity contribution in [2.45, 2.75) is 58.4 Å². The summed E-state index contributed by atoms with van der Waals surface area (Å²) in [6.45, 7) is 4.50. The van der Waals surface area contributed by atoms with Gasteiger partial charge in [0.2, 0.25) is 15.9 Å². The van der Waals surface area contributed by atoms with E-state index in [-0.39, 0.29) is 24.9 Å². The third-order valence-corrected chi connectivity index (χ3v) is 7.03. The number of amides is 1. The van der Waals surface area contributed by atoms with Crippen LogP contribution in [0, 0.1) is 0 Å². The second kappa shape index (κ2) is 10.9. The molecule has 32 heavy (non-hydrogen) atoms. The zero-order valence-electron chi connectivity index (χ0n) is 19.3. The Morgan fingerprint density at radius 2 is 1.84 bits per heavy atom. The van der Waals surface area contributed by atoms with Crippen LogP contribution in [0.15, 0.2) is 42.5 Å². The third-order valence-electron chi connectivity index (χ3n) is 5.85. The Kier molecular flexibility index (Phi) is 8.18. The lowest BCUT2D eigenvalue weighted by Crippen LogP contribution is -2.33. The van der Waals surface area contributed by atoms with Gasteiger partial charge in [-0.15, -0.1) is 0 Å². The van der Waals surface area contributed by atoms with E-state index < -0.39 is 10.0 Å². The first-order chi connectivity index (χ1) is 15.3. The molecule has 0 unspecified atom stereocenters. The van der Waals surface area contributed by atoms with Gasteiger partial charge in [-0.1, -0.05) is 30.3 Å². The van der Waals surface area contributed by atoms with Crippen molar-refractivity contribution in [1.29, 1.82) is 0 Å². The molecule has 0 radical (unpaired) electrons. The van der Waals surface area contributed by atoms with Crippen LogP contribution in [0.5, 0.6) is 5.75 Å². The minimum atomic E-state index is -3.51. The van der Waals surface area contributed by atoms with Crippen molar-refractivity contribution in [3.05, 3.63) is 59.2 Å². The number of sulfonamides is 1. The van der Waals surface area contributed by atoms with Gasteiger partial charge in [-0.25, -0.2) is 8.42 Å². The summed E-state index contributed by atoms with van der Waals surface area (Å²) in [5.74, 6) is 0.438. The summed E-state index contributed by atoms with van der Waals surface area (Å²) in [6.07, 6.45) is 6.55. The number of carbonyl (C=O) groups is 1. The van der Waals surface area contributed by atoms with E-state index in [1.807, 2.05) is 19.9 Å². The first-order valence-electron chi connectivity index (χ1n) is 11.4. The highest BCUT2D eigenvalue weighted by Crippen LogP contribution is 2.30. The van der Waals surface area contributed by atoms with E-state index in [4.69, 9.17) is 4.74 Å². The number of nitrogens with one attached hydrogen (secondary N) is 1. The highest BCUT2D eigenvalue weighted by molar-refractivity contribution is 7.92. The van der Waals surface area contributed by atoms with Crippen LogP contribution >= 0.6 is 0 Å². The molecule has 6 nitrogen and oxygen atoms in total. The smallest absolute Gasteiger partial charge is 0.232 e. The van der Waals surface area contributed by atoms with Crippen LogP contribution in [-0.4, -0.2) is 33.7 Å². The predicted molar refractivity (Wildman–Crippen MR) is 129 cm³/mol. The number of anilines is 1. The lowest BCUT2D eigenvalue weighted by Gasteiger charge is -2.24. The molecule has 3 rings (SSSR count). The molecular formula is C25H34N2O4S. The summed E-state index contributed by atoms with van der Waals surface area (Å²) in [6, 6.07) is 13.5. The average Bonchev–Trinajstić information content (AvgIpc) is 2.76. The molecule has 2 aromatic carbocycles. The number of hydrogen-bond acceptors (Lipinski definition) is 4. The number of hydrogen-bond donors (Lipinski definition) is 1. The maximum absolute atomic E-state index is 12.5. The van der Waals surface area contributed by atoms with Gasteiger partial charge in [0.05, 0.1) is 24.6 Å². The van der Waals surface area contributed by atoms with Crippen LogP contribution in [0.3, 0.4) is 0 Å². The molecule has 0 saturated carbocycles. The number of benzene rings is 2. The molecule has 0 fully saturated rings. The molecule has 0 heterocycles. The summed E-state index contributed by atoms with van der Waals surface area (Å²) in [7, 11) is -3.51. The van der Waals surface area contributed by atoms with Crippen molar-refractivity contribution in [3.8, 4) is 5.75 Å². The lowest BCUT2D eigenvalue weighted by atomic mass is 9.89. The maximum Gasteiger partial charge on any atom is 0.232 e. The molecule has 0 aromatic heterocycles. The van der Waals surface area contributed by atoms with E-state index in [2.05, 4.69) is 23.5 Å². The quantitative estimate of drug-likeness (QED) is 0.573. The average molecular weight is 459 g/mol. The van der Waals surface area contributed by atoms with Gasteiger partial charge in [-0.3, -0.25) is 9.10 Å². The van der Waals surface area contributed by atoms with E-state index in [9.17, 15) is 13.2 Å². The minimum absolute atomic E-state index is 0.0817. The first-order valence-corrected chi connectivity index (χ1v) is 13.2. The van der Waals surface area contributed by atoms with Gasteiger partial charge in [0.1, 0.15) is 5.75 Å². The Morgan fingerprint density at radius 1 is 1.12 bits per heavy atom. The van der Waals surface area contributed by atoms with Gasteiger partial charge < -0.3 is 10.1 Å². The van der Waals surface area contributed by atoms with Crippen LogP contribution < -0.4 is 14.4 Å². The SMILES string of the molecule is CCOc1ccccc1N(CCCC(=O)N[C@H](C)c1ccc2c(c1)CCCC2)S(C)(=O)=O. The lowest BCUT2D eigenvalue weighted by molar-refractivity contribution is -0.121. The number of nitrogens with zero attached hydrogens (tertiary/aromatic N) is 1. The molecular weight excluding hydrogens is 424 g/mol. The molecule has 7 heteroatoms. The Morgan fingerprint density at radius 3 is 2.56 bits per heavy atom. The molecule has 0 spiro atoms. The topological polar surface area (TPSA) is 75.7 Å². The second-order valence-corrected chi connectivity index (χ2v) is 10.3. The molecule has 1 aliphatic carbocycles. The summed E-state index contributed by atoms with van der Waals surface area (Å²) in [5, 5.41) is 3.06. The van der Waals surface area contributed by atoms with Crippen LogP contribution in [0.25, 0.3) is 0 Å². The zero-order chi connectivity index (χ0) is 23.1. The molecule has 1 amide bonds. The van der Waals surface area contributed by atoms with Gasteiger partial charge in [0.25, 0.3) is 0 Å². The number of fused-ring (bicyclic) bond motifs is 1. The highest BCUT2D eigenvalue weighted by Gasteiger charge is 2.21. The normalized spacial score (nSPS) is 14.3. The summed E-state index contributed by atoms with van der Waals surface area (Å²) >= 11 is 0. The van der Waals surface area contributed by atoms with E-state index in [0.29, 0.717) is 24.5 Å². The summed E-state index contributed by atoms with van der Waals surface area (Å²) in [5.41, 5.74) is 4.43. The van der Waals surface area contributed by atoms with Gasteiger partial charge in [-0.2, -0.15) is 0 Å². The van der Waals surface area contributed by atoms with Crippen molar-refractivity contribution < 1.29 is 17.9 Å². The summed E-state index contributed by atoms with van der Waals surface area (Å²) < 4.78 is 31.7. The van der Waals surface area contributed by atoms with Gasteiger partial charge in [-0.05, 0) is 74.8 Å². The monoisotopic (exact) mass is 458 g/mol. The standard InChI is InChI=1S/C25H34N2O4S/c1-4-31-24-13-8-7-12-23(24)27(32(3,29)30)17-9-14-25(28)26-19(2)21-16-15-20-10-5-6-11-22(20)18-21/h7-8,12-13,15-16,18-19H,4-6,9-11,14,17H2,1-3H3,(H,26,28)/t19-/m1/s1. The molecule has 0 bridgehead atoms. The first kappa shape index (κ1) is 24.1. The van der Waals surface area contributed by atoms with Gasteiger partial charge >= 0.3 is 0 Å². The van der Waals surface area contributed by atoms with E-state index in [0.717, 1.165) is 18.4 Å².